The Morgan fingerprint density at radius 3 is 2.70 bits per heavy atom. The second kappa shape index (κ2) is 4.93. The molecule has 2 rings (SSSR count). The highest BCUT2D eigenvalue weighted by Crippen LogP contribution is 2.22. The molecule has 9 heteroatoms. The average molecular weight is 299 g/mol. The molecule has 1 aromatic heterocycles. The van der Waals surface area contributed by atoms with E-state index in [0.29, 0.717) is 5.69 Å². The van der Waals surface area contributed by atoms with Crippen LogP contribution >= 0.6 is 0 Å². The van der Waals surface area contributed by atoms with Crippen LogP contribution in [0.15, 0.2) is 29.3 Å². The zero-order chi connectivity index (χ0) is 14.9. The highest BCUT2D eigenvalue weighted by Gasteiger charge is 2.21. The number of hydrogen-bond donors (Lipinski definition) is 3. The topological polar surface area (TPSA) is 112 Å². The van der Waals surface area contributed by atoms with Gasteiger partial charge in [0, 0.05) is 0 Å². The first-order valence-corrected chi connectivity index (χ1v) is 6.85. The quantitative estimate of drug-likeness (QED) is 0.789. The third kappa shape index (κ3) is 2.62. The molecule has 1 heterocycles. The number of aryl methyl sites for hydroxylation is 1. The summed E-state index contributed by atoms with van der Waals surface area (Å²) in [6, 6.07) is 2.75. The molecule has 106 valence electrons. The number of carbonyl (C=O) groups is 1. The van der Waals surface area contributed by atoms with Crippen LogP contribution in [0.5, 0.6) is 0 Å². The summed E-state index contributed by atoms with van der Waals surface area (Å²) in [4.78, 5) is 10.9. The number of aromatic carboxylic acids is 1. The van der Waals surface area contributed by atoms with Gasteiger partial charge < -0.3 is 5.11 Å². The van der Waals surface area contributed by atoms with Crippen molar-refractivity contribution in [2.45, 2.75) is 11.8 Å². The number of anilines is 1. The number of nitrogens with one attached hydrogen (secondary N) is 2. The lowest BCUT2D eigenvalue weighted by atomic mass is 10.2. The normalized spacial score (nSPS) is 11.3. The highest BCUT2D eigenvalue weighted by atomic mass is 32.2. The van der Waals surface area contributed by atoms with E-state index < -0.39 is 27.4 Å². The fraction of sp³-hybridized carbons (Fsp3) is 0.0909. The molecule has 3 N–H and O–H groups in total. The molecule has 0 radical (unpaired) electrons. The van der Waals surface area contributed by atoms with Gasteiger partial charge >= 0.3 is 5.97 Å². The zero-order valence-corrected chi connectivity index (χ0v) is 11.0. The Kier molecular flexibility index (Phi) is 3.45. The summed E-state index contributed by atoms with van der Waals surface area (Å²) in [7, 11) is -4.00. The zero-order valence-electron chi connectivity index (χ0n) is 10.2. The van der Waals surface area contributed by atoms with E-state index in [1.54, 1.807) is 0 Å². The van der Waals surface area contributed by atoms with Gasteiger partial charge in [-0.2, -0.15) is 5.10 Å². The van der Waals surface area contributed by atoms with Crippen LogP contribution in [0.1, 0.15) is 16.1 Å². The Labute approximate surface area is 113 Å². The van der Waals surface area contributed by atoms with Crippen molar-refractivity contribution in [3.05, 3.63) is 41.5 Å². The number of carboxylic acids is 1. The molecule has 7 nitrogen and oxygen atoms in total. The number of carboxylic acid groups (broad SMARTS) is 1. The number of H-pyrrole nitrogens is 1. The summed E-state index contributed by atoms with van der Waals surface area (Å²) in [5, 5.41) is 15.0. The Bertz CT molecular complexity index is 770. The average Bonchev–Trinajstić information content (AvgIpc) is 2.78. The molecular formula is C11H10FN3O4S. The van der Waals surface area contributed by atoms with Crippen LogP contribution in [0.2, 0.25) is 0 Å². The molecule has 0 bridgehead atoms. The van der Waals surface area contributed by atoms with Crippen LogP contribution in [0.25, 0.3) is 0 Å². The van der Waals surface area contributed by atoms with E-state index in [1.165, 1.54) is 6.92 Å². The van der Waals surface area contributed by atoms with E-state index in [0.717, 1.165) is 24.4 Å². The van der Waals surface area contributed by atoms with E-state index in [9.17, 15) is 17.6 Å². The first-order valence-electron chi connectivity index (χ1n) is 5.37. The number of benzene rings is 1. The van der Waals surface area contributed by atoms with Gasteiger partial charge in [0.1, 0.15) is 10.7 Å². The highest BCUT2D eigenvalue weighted by molar-refractivity contribution is 7.92. The van der Waals surface area contributed by atoms with Crippen molar-refractivity contribution >= 4 is 21.7 Å². The summed E-state index contributed by atoms with van der Waals surface area (Å²) in [5.74, 6) is -2.21. The number of aromatic nitrogens is 2. The number of rotatable bonds is 4. The lowest BCUT2D eigenvalue weighted by molar-refractivity contribution is 0.0697. The maximum atomic E-state index is 13.0. The minimum absolute atomic E-state index is 0.113. The number of nitrogens with zero attached hydrogens (tertiary/aromatic N) is 1. The van der Waals surface area contributed by atoms with E-state index in [4.69, 9.17) is 5.11 Å². The van der Waals surface area contributed by atoms with Gasteiger partial charge in [0.05, 0.1) is 23.1 Å². The molecular weight excluding hydrogens is 289 g/mol. The molecule has 0 atom stereocenters. The van der Waals surface area contributed by atoms with E-state index in [2.05, 4.69) is 14.9 Å². The van der Waals surface area contributed by atoms with Crippen molar-refractivity contribution in [3.8, 4) is 0 Å². The third-order valence-corrected chi connectivity index (χ3v) is 4.01. The summed E-state index contributed by atoms with van der Waals surface area (Å²) >= 11 is 0. The van der Waals surface area contributed by atoms with Crippen molar-refractivity contribution in [2.75, 3.05) is 4.72 Å². The monoisotopic (exact) mass is 299 g/mol. The molecule has 0 unspecified atom stereocenters. The van der Waals surface area contributed by atoms with Crippen molar-refractivity contribution < 1.29 is 22.7 Å². The molecule has 1 aromatic carbocycles. The Hall–Kier alpha value is -2.42. The van der Waals surface area contributed by atoms with Crippen LogP contribution in [0.4, 0.5) is 10.1 Å². The molecule has 0 aliphatic heterocycles. The van der Waals surface area contributed by atoms with Gasteiger partial charge in [-0.25, -0.2) is 17.6 Å². The summed E-state index contributed by atoms with van der Waals surface area (Å²) < 4.78 is 39.3. The molecule has 0 fully saturated rings. The predicted octanol–water partition coefficient (Wildman–Crippen LogP) is 1.36. The molecule has 0 aliphatic rings. The molecule has 0 amide bonds. The minimum atomic E-state index is -4.00. The van der Waals surface area contributed by atoms with Gasteiger partial charge in [0.2, 0.25) is 0 Å². The summed E-state index contributed by atoms with van der Waals surface area (Å²) in [5.41, 5.74) is -0.397. The van der Waals surface area contributed by atoms with Gasteiger partial charge in [-0.3, -0.25) is 9.82 Å². The van der Waals surface area contributed by atoms with Crippen LogP contribution in [-0.4, -0.2) is 29.7 Å². The molecule has 2 aromatic rings. The Morgan fingerprint density at radius 1 is 1.45 bits per heavy atom. The molecule has 0 saturated carbocycles. The van der Waals surface area contributed by atoms with Crippen LogP contribution in [-0.2, 0) is 10.0 Å². The smallest absolute Gasteiger partial charge is 0.337 e. The number of hydrogen-bond acceptors (Lipinski definition) is 4. The molecule has 0 aliphatic carbocycles. The second-order valence-electron chi connectivity index (χ2n) is 3.96. The summed E-state index contributed by atoms with van der Waals surface area (Å²) in [6.07, 6.45) is 1.10. The number of halogens is 1. The maximum absolute atomic E-state index is 13.0. The maximum Gasteiger partial charge on any atom is 0.337 e. The first-order chi connectivity index (χ1) is 9.31. The largest absolute Gasteiger partial charge is 0.478 e. The fourth-order valence-electron chi connectivity index (χ4n) is 1.59. The van der Waals surface area contributed by atoms with Crippen molar-refractivity contribution in [1.82, 2.24) is 10.2 Å². The van der Waals surface area contributed by atoms with Gasteiger partial charge in [0.25, 0.3) is 10.0 Å². The second-order valence-corrected chi connectivity index (χ2v) is 5.61. The van der Waals surface area contributed by atoms with Gasteiger partial charge in [-0.1, -0.05) is 0 Å². The number of aromatic amines is 1. The molecule has 20 heavy (non-hydrogen) atoms. The third-order valence-electron chi connectivity index (χ3n) is 2.53. The molecule has 0 saturated heterocycles. The van der Waals surface area contributed by atoms with Crippen molar-refractivity contribution in [2.24, 2.45) is 0 Å². The Balaban J connectivity index is 2.45. The van der Waals surface area contributed by atoms with Gasteiger partial charge in [-0.05, 0) is 25.1 Å². The van der Waals surface area contributed by atoms with Crippen molar-refractivity contribution in [1.29, 1.82) is 0 Å². The van der Waals surface area contributed by atoms with Gasteiger partial charge in [-0.15, -0.1) is 0 Å². The minimum Gasteiger partial charge on any atom is -0.478 e. The van der Waals surface area contributed by atoms with E-state index in [-0.39, 0.29) is 10.6 Å². The summed E-state index contributed by atoms with van der Waals surface area (Å²) in [6.45, 7) is 1.50. The predicted molar refractivity (Wildman–Crippen MR) is 67.5 cm³/mol. The fourth-order valence-corrected chi connectivity index (χ4v) is 2.81. The van der Waals surface area contributed by atoms with Gasteiger partial charge in [0.15, 0.2) is 0 Å². The van der Waals surface area contributed by atoms with Crippen LogP contribution < -0.4 is 4.72 Å². The SMILES string of the molecule is Cc1[nH]ncc1S(=O)(=O)Nc1ccc(F)cc1C(=O)O. The Morgan fingerprint density at radius 2 is 2.15 bits per heavy atom. The van der Waals surface area contributed by atoms with Crippen LogP contribution in [0.3, 0.4) is 0 Å². The van der Waals surface area contributed by atoms with E-state index >= 15 is 0 Å². The molecule has 0 spiro atoms. The van der Waals surface area contributed by atoms with Crippen LogP contribution in [0, 0.1) is 12.7 Å². The standard InChI is InChI=1S/C11H10FN3O4S/c1-6-10(5-13-14-6)20(18,19)15-9-3-2-7(12)4-8(9)11(16)17/h2-5,15H,1H3,(H,13,14)(H,16,17). The number of sulfonamides is 1. The lowest BCUT2D eigenvalue weighted by Crippen LogP contribution is -2.16. The van der Waals surface area contributed by atoms with E-state index in [1.807, 2.05) is 0 Å². The first kappa shape index (κ1) is 14.0. The van der Waals surface area contributed by atoms with Crippen molar-refractivity contribution in [3.63, 3.8) is 0 Å². The lowest BCUT2D eigenvalue weighted by Gasteiger charge is -2.10.